The van der Waals surface area contributed by atoms with Crippen LogP contribution in [0.4, 0.5) is 0 Å². The quantitative estimate of drug-likeness (QED) is 0.827. The van der Waals surface area contributed by atoms with Crippen LogP contribution in [-0.2, 0) is 30.9 Å². The highest BCUT2D eigenvalue weighted by atomic mass is 16.5. The molecular weight excluding hydrogens is 318 g/mol. The predicted octanol–water partition coefficient (Wildman–Crippen LogP) is 0.650. The third-order valence-electron chi connectivity index (χ3n) is 5.28. The molecule has 0 unspecified atom stereocenters. The monoisotopic (exact) mass is 345 g/mol. The Morgan fingerprint density at radius 1 is 1.28 bits per heavy atom. The zero-order valence-corrected chi connectivity index (χ0v) is 15.1. The van der Waals surface area contributed by atoms with E-state index < -0.39 is 0 Å². The van der Waals surface area contributed by atoms with E-state index in [9.17, 15) is 0 Å². The van der Waals surface area contributed by atoms with Crippen molar-refractivity contribution in [2.45, 2.75) is 57.9 Å². The van der Waals surface area contributed by atoms with Gasteiger partial charge in [-0.2, -0.15) is 5.10 Å². The Bertz CT molecular complexity index is 731. The molecule has 1 fully saturated rings. The van der Waals surface area contributed by atoms with Gasteiger partial charge in [0.15, 0.2) is 0 Å². The smallest absolute Gasteiger partial charge is 0.147 e. The fourth-order valence-electron chi connectivity index (χ4n) is 3.87. The summed E-state index contributed by atoms with van der Waals surface area (Å²) in [6.07, 6.45) is 2.01. The number of nitrogens with two attached hydrogens (primary N) is 1. The summed E-state index contributed by atoms with van der Waals surface area (Å²) < 4.78 is 9.65. The van der Waals surface area contributed by atoms with Crippen molar-refractivity contribution in [2.75, 3.05) is 20.3 Å². The number of rotatable bonds is 6. The Balaban J connectivity index is 1.50. The molecule has 0 bridgehead atoms. The van der Waals surface area contributed by atoms with E-state index in [0.717, 1.165) is 62.9 Å². The number of nitrogens with zero attached hydrogens (tertiary/aromatic N) is 6. The van der Waals surface area contributed by atoms with Crippen molar-refractivity contribution in [3.63, 3.8) is 0 Å². The van der Waals surface area contributed by atoms with Crippen molar-refractivity contribution in [2.24, 2.45) is 5.73 Å². The minimum absolute atomic E-state index is 0.312. The van der Waals surface area contributed by atoms with E-state index in [-0.39, 0.29) is 0 Å². The average Bonchev–Trinajstić information content (AvgIpc) is 3.12. The summed E-state index contributed by atoms with van der Waals surface area (Å²) in [5.74, 6) is 2.54. The molecule has 1 aliphatic carbocycles. The topological polar surface area (TPSA) is 87.0 Å². The lowest BCUT2D eigenvalue weighted by molar-refractivity contribution is 0.174. The van der Waals surface area contributed by atoms with Crippen LogP contribution in [0.15, 0.2) is 6.07 Å². The maximum Gasteiger partial charge on any atom is 0.147 e. The summed E-state index contributed by atoms with van der Waals surface area (Å²) in [4.78, 5) is 2.42. The van der Waals surface area contributed by atoms with Crippen molar-refractivity contribution in [3.05, 3.63) is 29.1 Å². The Labute approximate surface area is 148 Å². The minimum atomic E-state index is 0.312. The van der Waals surface area contributed by atoms with Gasteiger partial charge >= 0.3 is 0 Å². The Kier molecular flexibility index (Phi) is 4.58. The van der Waals surface area contributed by atoms with Gasteiger partial charge in [0, 0.05) is 38.7 Å². The highest BCUT2D eigenvalue weighted by molar-refractivity contribution is 5.12. The maximum atomic E-state index is 5.96. The Hall–Kier alpha value is -1.77. The summed E-state index contributed by atoms with van der Waals surface area (Å²) in [5.41, 5.74) is 8.32. The molecule has 8 nitrogen and oxygen atoms in total. The van der Waals surface area contributed by atoms with E-state index in [1.165, 1.54) is 5.69 Å². The zero-order valence-electron chi connectivity index (χ0n) is 15.1. The molecule has 0 atom stereocenters. The van der Waals surface area contributed by atoms with Crippen molar-refractivity contribution in [1.29, 1.82) is 0 Å². The third kappa shape index (κ3) is 3.33. The lowest BCUT2D eigenvalue weighted by Gasteiger charge is -2.32. The van der Waals surface area contributed by atoms with Crippen LogP contribution in [0.3, 0.4) is 0 Å². The first-order valence-corrected chi connectivity index (χ1v) is 9.06. The van der Waals surface area contributed by atoms with Crippen molar-refractivity contribution in [1.82, 2.24) is 29.4 Å². The lowest BCUT2D eigenvalue weighted by atomic mass is 9.80. The molecule has 0 radical (unpaired) electrons. The van der Waals surface area contributed by atoms with Crippen LogP contribution >= 0.6 is 0 Å². The number of hydrogen-bond acceptors (Lipinski definition) is 6. The number of aromatic nitrogens is 5. The SMILES string of the molecule is COCCn1c(CN2CCn3nc(C)cc3C2)nnc1C1CC(N)C1. The molecule has 4 rings (SSSR count). The van der Waals surface area contributed by atoms with Gasteiger partial charge in [0.2, 0.25) is 0 Å². The van der Waals surface area contributed by atoms with E-state index in [4.69, 9.17) is 10.5 Å². The molecule has 2 aromatic rings. The summed E-state index contributed by atoms with van der Waals surface area (Å²) in [7, 11) is 1.73. The van der Waals surface area contributed by atoms with Gasteiger partial charge < -0.3 is 15.0 Å². The van der Waals surface area contributed by atoms with E-state index in [1.807, 2.05) is 6.92 Å². The molecule has 0 aromatic carbocycles. The fourth-order valence-corrected chi connectivity index (χ4v) is 3.87. The van der Waals surface area contributed by atoms with Crippen molar-refractivity contribution >= 4 is 0 Å². The van der Waals surface area contributed by atoms with Gasteiger partial charge in [-0.25, -0.2) is 0 Å². The normalized spacial score (nSPS) is 23.5. The molecule has 2 N–H and O–H groups in total. The average molecular weight is 345 g/mol. The first-order valence-electron chi connectivity index (χ1n) is 9.06. The van der Waals surface area contributed by atoms with Gasteiger partial charge in [-0.05, 0) is 25.8 Å². The molecule has 3 heterocycles. The second-order valence-corrected chi connectivity index (χ2v) is 7.26. The van der Waals surface area contributed by atoms with Crippen molar-refractivity contribution < 1.29 is 4.74 Å². The van der Waals surface area contributed by atoms with Crippen LogP contribution in [-0.4, -0.2) is 55.7 Å². The molecule has 8 heteroatoms. The van der Waals surface area contributed by atoms with Gasteiger partial charge in [-0.15, -0.1) is 10.2 Å². The molecular formula is C17H27N7O. The number of aryl methyl sites for hydroxylation is 1. The van der Waals surface area contributed by atoms with Gasteiger partial charge in [0.05, 0.1) is 31.1 Å². The Morgan fingerprint density at radius 2 is 2.12 bits per heavy atom. The summed E-state index contributed by atoms with van der Waals surface area (Å²) >= 11 is 0. The second-order valence-electron chi connectivity index (χ2n) is 7.26. The van der Waals surface area contributed by atoms with E-state index in [1.54, 1.807) is 7.11 Å². The molecule has 2 aliphatic rings. The summed E-state index contributed by atoms with van der Waals surface area (Å²) in [6.45, 7) is 7.14. The molecule has 136 valence electrons. The van der Waals surface area contributed by atoms with E-state index in [2.05, 4.69) is 35.5 Å². The van der Waals surface area contributed by atoms with Gasteiger partial charge in [0.25, 0.3) is 0 Å². The lowest BCUT2D eigenvalue weighted by Crippen LogP contribution is -2.37. The third-order valence-corrected chi connectivity index (χ3v) is 5.28. The van der Waals surface area contributed by atoms with Crippen LogP contribution in [0.5, 0.6) is 0 Å². The Morgan fingerprint density at radius 3 is 2.88 bits per heavy atom. The zero-order chi connectivity index (χ0) is 17.4. The van der Waals surface area contributed by atoms with Gasteiger partial charge in [0.1, 0.15) is 11.6 Å². The summed E-state index contributed by atoms with van der Waals surface area (Å²) in [6, 6.07) is 2.48. The molecule has 0 amide bonds. The summed E-state index contributed by atoms with van der Waals surface area (Å²) in [5, 5.41) is 13.5. The number of hydrogen-bond donors (Lipinski definition) is 1. The molecule has 0 saturated heterocycles. The number of methoxy groups -OCH3 is 1. The number of ether oxygens (including phenoxy) is 1. The van der Waals surface area contributed by atoms with E-state index in [0.29, 0.717) is 18.6 Å². The fraction of sp³-hybridized carbons (Fsp3) is 0.706. The first kappa shape index (κ1) is 16.7. The maximum absolute atomic E-state index is 5.96. The van der Waals surface area contributed by atoms with Gasteiger partial charge in [-0.1, -0.05) is 0 Å². The van der Waals surface area contributed by atoms with Crippen LogP contribution in [0, 0.1) is 6.92 Å². The molecule has 0 spiro atoms. The van der Waals surface area contributed by atoms with Crippen LogP contribution in [0.1, 0.15) is 41.8 Å². The van der Waals surface area contributed by atoms with Crippen LogP contribution in [0.25, 0.3) is 0 Å². The molecule has 1 aliphatic heterocycles. The standard InChI is InChI=1S/C17H27N7O/c1-12-7-15-10-22(3-4-24(15)21-12)11-16-19-20-17(13-8-14(18)9-13)23(16)5-6-25-2/h7,13-14H,3-6,8-11,18H2,1-2H3. The predicted molar refractivity (Wildman–Crippen MR) is 92.9 cm³/mol. The van der Waals surface area contributed by atoms with Gasteiger partial charge in [-0.3, -0.25) is 9.58 Å². The minimum Gasteiger partial charge on any atom is -0.383 e. The molecule has 2 aromatic heterocycles. The number of fused-ring (bicyclic) bond motifs is 1. The first-order chi connectivity index (χ1) is 12.1. The highest BCUT2D eigenvalue weighted by Gasteiger charge is 2.32. The highest BCUT2D eigenvalue weighted by Crippen LogP contribution is 2.35. The largest absolute Gasteiger partial charge is 0.383 e. The van der Waals surface area contributed by atoms with E-state index >= 15 is 0 Å². The molecule has 25 heavy (non-hydrogen) atoms. The molecule has 1 saturated carbocycles. The van der Waals surface area contributed by atoms with Crippen LogP contribution in [0.2, 0.25) is 0 Å². The second kappa shape index (κ2) is 6.86. The van der Waals surface area contributed by atoms with Crippen LogP contribution < -0.4 is 5.73 Å². The van der Waals surface area contributed by atoms with Crippen molar-refractivity contribution in [3.8, 4) is 0 Å².